The van der Waals surface area contributed by atoms with Crippen LogP contribution in [0.2, 0.25) is 0 Å². The van der Waals surface area contributed by atoms with Crippen molar-refractivity contribution in [2.75, 3.05) is 13.7 Å². The molecule has 1 atom stereocenters. The lowest BCUT2D eigenvalue weighted by Crippen LogP contribution is -2.41. The first kappa shape index (κ1) is 19.2. The van der Waals surface area contributed by atoms with Crippen LogP contribution >= 0.6 is 0 Å². The molecule has 0 spiro atoms. The Kier molecular flexibility index (Phi) is 5.49. The van der Waals surface area contributed by atoms with Gasteiger partial charge in [0.25, 0.3) is 11.8 Å². The van der Waals surface area contributed by atoms with E-state index in [1.807, 2.05) is 12.1 Å². The van der Waals surface area contributed by atoms with Crippen molar-refractivity contribution in [3.05, 3.63) is 71.8 Å². The van der Waals surface area contributed by atoms with E-state index >= 15 is 0 Å². The van der Waals surface area contributed by atoms with Crippen LogP contribution in [-0.4, -0.2) is 42.1 Å². The summed E-state index contributed by atoms with van der Waals surface area (Å²) < 4.78 is 4.65. The highest BCUT2D eigenvalue weighted by atomic mass is 16.5. The number of ketones is 1. The van der Waals surface area contributed by atoms with Gasteiger partial charge >= 0.3 is 5.97 Å². The minimum Gasteiger partial charge on any atom is -0.468 e. The third-order valence-electron chi connectivity index (χ3n) is 4.63. The summed E-state index contributed by atoms with van der Waals surface area (Å²) in [7, 11) is 1.16. The van der Waals surface area contributed by atoms with Gasteiger partial charge in [0.05, 0.1) is 18.3 Å². The molecule has 0 fully saturated rings. The molecule has 0 saturated carbocycles. The number of carbonyl (C=O) groups is 4. The van der Waals surface area contributed by atoms with E-state index in [1.54, 1.807) is 48.5 Å². The fourth-order valence-electron chi connectivity index (χ4n) is 3.18. The summed E-state index contributed by atoms with van der Waals surface area (Å²) in [5.41, 5.74) is 1.70. The van der Waals surface area contributed by atoms with E-state index in [1.165, 1.54) is 6.92 Å². The summed E-state index contributed by atoms with van der Waals surface area (Å²) in [6.07, 6.45) is 0. The van der Waals surface area contributed by atoms with Crippen LogP contribution in [0, 0.1) is 5.92 Å². The topological polar surface area (TPSA) is 80.8 Å². The molecule has 2 aromatic carbocycles. The molecule has 2 aromatic rings. The lowest BCUT2D eigenvalue weighted by molar-refractivity contribution is -0.150. The zero-order chi connectivity index (χ0) is 20.3. The van der Waals surface area contributed by atoms with E-state index < -0.39 is 29.5 Å². The van der Waals surface area contributed by atoms with E-state index in [0.29, 0.717) is 11.1 Å². The number of Topliss-reactive ketones (excluding diaryl/α,β-unsaturated/α-hetero) is 1. The maximum atomic E-state index is 13.2. The fourth-order valence-corrected chi connectivity index (χ4v) is 3.18. The molecule has 0 radical (unpaired) electrons. The Morgan fingerprint density at radius 2 is 1.29 bits per heavy atom. The number of hydrogen-bond acceptors (Lipinski definition) is 5. The minimum atomic E-state index is -1.22. The molecule has 1 aliphatic heterocycles. The van der Waals surface area contributed by atoms with Crippen LogP contribution in [0.15, 0.2) is 60.7 Å². The summed E-state index contributed by atoms with van der Waals surface area (Å²) in [4.78, 5) is 51.1. The first-order valence-electron chi connectivity index (χ1n) is 8.75. The third kappa shape index (κ3) is 3.49. The smallest absolute Gasteiger partial charge is 0.318 e. The highest BCUT2D eigenvalue weighted by molar-refractivity contribution is 6.49. The fraction of sp³-hybridized carbons (Fsp3) is 0.182. The Morgan fingerprint density at radius 1 is 0.857 bits per heavy atom. The Labute approximate surface area is 162 Å². The van der Waals surface area contributed by atoms with E-state index in [9.17, 15) is 19.2 Å². The lowest BCUT2D eigenvalue weighted by atomic mass is 9.96. The standard InChI is InChI=1S/C22H19NO5/c1-14(24)17(22(27)28-2)13-23-20(25)18(15-9-5-3-6-10-15)19(21(23)26)16-11-7-4-8-12-16/h3-12,17H,13H2,1-2H3. The molecule has 6 nitrogen and oxygen atoms in total. The van der Waals surface area contributed by atoms with Crippen molar-refractivity contribution in [2.24, 2.45) is 5.92 Å². The average molecular weight is 377 g/mol. The van der Waals surface area contributed by atoms with Crippen molar-refractivity contribution in [1.29, 1.82) is 0 Å². The number of nitrogens with zero attached hydrogens (tertiary/aromatic N) is 1. The van der Waals surface area contributed by atoms with E-state index in [4.69, 9.17) is 0 Å². The number of imide groups is 1. The second-order valence-electron chi connectivity index (χ2n) is 6.39. The molecular weight excluding hydrogens is 358 g/mol. The minimum absolute atomic E-state index is 0.254. The second kappa shape index (κ2) is 8.00. The molecule has 3 rings (SSSR count). The van der Waals surface area contributed by atoms with Crippen LogP contribution in [0.25, 0.3) is 11.1 Å². The third-order valence-corrected chi connectivity index (χ3v) is 4.63. The Bertz CT molecular complexity index is 901. The number of hydrogen-bond donors (Lipinski definition) is 0. The number of ether oxygens (including phenoxy) is 1. The number of carbonyl (C=O) groups excluding carboxylic acids is 4. The van der Waals surface area contributed by atoms with Gasteiger partial charge in [0.15, 0.2) is 0 Å². The van der Waals surface area contributed by atoms with Crippen LogP contribution in [0.4, 0.5) is 0 Å². The molecule has 0 N–H and O–H groups in total. The van der Waals surface area contributed by atoms with Crippen LogP contribution in [-0.2, 0) is 23.9 Å². The van der Waals surface area contributed by atoms with Crippen LogP contribution in [0.1, 0.15) is 18.1 Å². The van der Waals surface area contributed by atoms with Crippen molar-refractivity contribution < 1.29 is 23.9 Å². The van der Waals surface area contributed by atoms with Gasteiger partial charge in [0.2, 0.25) is 0 Å². The van der Waals surface area contributed by atoms with Gasteiger partial charge in [0, 0.05) is 6.54 Å². The molecule has 1 unspecified atom stereocenters. The lowest BCUT2D eigenvalue weighted by Gasteiger charge is -2.19. The molecule has 2 amide bonds. The predicted octanol–water partition coefficient (Wildman–Crippen LogP) is 2.34. The van der Waals surface area contributed by atoms with Gasteiger partial charge < -0.3 is 4.74 Å². The largest absolute Gasteiger partial charge is 0.468 e. The molecule has 0 aromatic heterocycles. The Balaban J connectivity index is 2.08. The first-order valence-corrected chi connectivity index (χ1v) is 8.75. The maximum absolute atomic E-state index is 13.2. The van der Waals surface area contributed by atoms with Crippen molar-refractivity contribution in [3.63, 3.8) is 0 Å². The van der Waals surface area contributed by atoms with Crippen LogP contribution in [0.3, 0.4) is 0 Å². The zero-order valence-electron chi connectivity index (χ0n) is 15.5. The summed E-state index contributed by atoms with van der Waals surface area (Å²) in [6.45, 7) is 0.878. The first-order chi connectivity index (χ1) is 13.5. The quantitative estimate of drug-likeness (QED) is 0.439. The molecule has 0 aliphatic carbocycles. The molecular formula is C22H19NO5. The number of benzene rings is 2. The van der Waals surface area contributed by atoms with Crippen molar-refractivity contribution >= 4 is 34.7 Å². The summed E-state index contributed by atoms with van der Waals surface area (Å²) in [5.74, 6) is -3.54. The van der Waals surface area contributed by atoms with E-state index in [-0.39, 0.29) is 17.7 Å². The highest BCUT2D eigenvalue weighted by Crippen LogP contribution is 2.36. The van der Waals surface area contributed by atoms with Gasteiger partial charge in [-0.3, -0.25) is 24.1 Å². The molecule has 28 heavy (non-hydrogen) atoms. The second-order valence-corrected chi connectivity index (χ2v) is 6.39. The molecule has 6 heteroatoms. The van der Waals surface area contributed by atoms with Gasteiger partial charge in [0.1, 0.15) is 11.7 Å². The van der Waals surface area contributed by atoms with Gasteiger partial charge in [-0.05, 0) is 18.1 Å². The molecule has 0 bridgehead atoms. The Morgan fingerprint density at radius 3 is 1.64 bits per heavy atom. The number of rotatable bonds is 6. The summed E-state index contributed by atoms with van der Waals surface area (Å²) >= 11 is 0. The monoisotopic (exact) mass is 377 g/mol. The van der Waals surface area contributed by atoms with Crippen LogP contribution < -0.4 is 0 Å². The van der Waals surface area contributed by atoms with Crippen molar-refractivity contribution in [3.8, 4) is 0 Å². The number of methoxy groups -OCH3 is 1. The van der Waals surface area contributed by atoms with E-state index in [2.05, 4.69) is 4.74 Å². The molecule has 1 aliphatic rings. The molecule has 1 heterocycles. The van der Waals surface area contributed by atoms with Crippen molar-refractivity contribution in [1.82, 2.24) is 4.90 Å². The molecule has 142 valence electrons. The number of esters is 1. The van der Waals surface area contributed by atoms with Gasteiger partial charge in [-0.2, -0.15) is 0 Å². The van der Waals surface area contributed by atoms with Gasteiger partial charge in [-0.25, -0.2) is 0 Å². The number of amides is 2. The zero-order valence-corrected chi connectivity index (χ0v) is 15.5. The summed E-state index contributed by atoms with van der Waals surface area (Å²) in [6, 6.07) is 17.7. The van der Waals surface area contributed by atoms with Gasteiger partial charge in [-0.1, -0.05) is 60.7 Å². The van der Waals surface area contributed by atoms with E-state index in [0.717, 1.165) is 12.0 Å². The maximum Gasteiger partial charge on any atom is 0.318 e. The van der Waals surface area contributed by atoms with Crippen molar-refractivity contribution in [2.45, 2.75) is 6.92 Å². The van der Waals surface area contributed by atoms with Gasteiger partial charge in [-0.15, -0.1) is 0 Å². The highest BCUT2D eigenvalue weighted by Gasteiger charge is 2.42. The predicted molar refractivity (Wildman–Crippen MR) is 103 cm³/mol. The SMILES string of the molecule is COC(=O)C(CN1C(=O)C(c2ccccc2)=C(c2ccccc2)C1=O)C(C)=O. The Hall–Kier alpha value is -3.54. The van der Waals surface area contributed by atoms with Crippen LogP contribution in [0.5, 0.6) is 0 Å². The normalized spacial score (nSPS) is 15.0. The average Bonchev–Trinajstić information content (AvgIpc) is 2.96. The molecule has 0 saturated heterocycles. The summed E-state index contributed by atoms with van der Waals surface area (Å²) in [5, 5.41) is 0.